The summed E-state index contributed by atoms with van der Waals surface area (Å²) in [5.74, 6) is -0.866. The van der Waals surface area contributed by atoms with Crippen LogP contribution in [0.4, 0.5) is 8.78 Å². The van der Waals surface area contributed by atoms with Crippen molar-refractivity contribution in [3.05, 3.63) is 58.5 Å². The van der Waals surface area contributed by atoms with Crippen molar-refractivity contribution in [2.45, 2.75) is 32.3 Å². The van der Waals surface area contributed by atoms with Crippen molar-refractivity contribution >= 4 is 17.2 Å². The molecule has 23 heavy (non-hydrogen) atoms. The molecule has 0 atom stereocenters. The topological polar surface area (TPSA) is 35.0 Å². The fourth-order valence-corrected chi connectivity index (χ4v) is 2.59. The number of hydrogen-bond acceptors (Lipinski definition) is 3. The smallest absolute Gasteiger partial charge is 0.254 e. The first-order chi connectivity index (χ1) is 11.1. The van der Waals surface area contributed by atoms with E-state index in [2.05, 4.69) is 16.0 Å². The zero-order valence-corrected chi connectivity index (χ0v) is 13.1. The maximum Gasteiger partial charge on any atom is 0.254 e. The van der Waals surface area contributed by atoms with Gasteiger partial charge < -0.3 is 4.74 Å². The Morgan fingerprint density at radius 3 is 2.78 bits per heavy atom. The molecular formula is C17H15ClF2N2O. The van der Waals surface area contributed by atoms with Crippen LogP contribution in [0, 0.1) is 11.6 Å². The van der Waals surface area contributed by atoms with Gasteiger partial charge in [-0.3, -0.25) is 0 Å². The lowest BCUT2D eigenvalue weighted by Crippen LogP contribution is -2.05. The third kappa shape index (κ3) is 3.85. The van der Waals surface area contributed by atoms with Crippen molar-refractivity contribution in [3.8, 4) is 5.88 Å². The van der Waals surface area contributed by atoms with Crippen molar-refractivity contribution in [3.63, 3.8) is 0 Å². The molecule has 1 aromatic carbocycles. The number of ether oxygens (including phenoxy) is 1. The second-order valence-electron chi connectivity index (χ2n) is 5.35. The number of benzene rings is 1. The highest BCUT2D eigenvalue weighted by atomic mass is 35.5. The van der Waals surface area contributed by atoms with E-state index in [1.165, 1.54) is 12.1 Å². The molecule has 1 aliphatic rings. The lowest BCUT2D eigenvalue weighted by Gasteiger charge is -2.13. The maximum absolute atomic E-state index is 13.8. The number of allylic oxidation sites excluding steroid dienone is 2. The number of hydrogen-bond donors (Lipinski definition) is 0. The molecule has 1 heterocycles. The van der Waals surface area contributed by atoms with Crippen molar-refractivity contribution in [1.29, 1.82) is 0 Å². The van der Waals surface area contributed by atoms with Crippen molar-refractivity contribution < 1.29 is 13.5 Å². The van der Waals surface area contributed by atoms with Crippen LogP contribution < -0.4 is 4.74 Å². The first kappa shape index (κ1) is 15.9. The molecule has 0 saturated carbocycles. The molecule has 2 aromatic rings. The van der Waals surface area contributed by atoms with Gasteiger partial charge in [0, 0.05) is 10.6 Å². The molecule has 0 amide bonds. The van der Waals surface area contributed by atoms with Crippen LogP contribution in [0.15, 0.2) is 30.5 Å². The molecule has 1 aromatic heterocycles. The van der Waals surface area contributed by atoms with Gasteiger partial charge >= 0.3 is 0 Å². The van der Waals surface area contributed by atoms with Crippen LogP contribution in [0.3, 0.4) is 0 Å². The minimum absolute atomic E-state index is 0.130. The van der Waals surface area contributed by atoms with Gasteiger partial charge in [-0.2, -0.15) is 9.37 Å². The second kappa shape index (κ2) is 7.04. The van der Waals surface area contributed by atoms with Gasteiger partial charge in [0.25, 0.3) is 5.88 Å². The molecule has 0 aliphatic heterocycles. The molecule has 3 nitrogen and oxygen atoms in total. The van der Waals surface area contributed by atoms with E-state index in [9.17, 15) is 8.78 Å². The van der Waals surface area contributed by atoms with Crippen LogP contribution >= 0.6 is 11.6 Å². The molecule has 0 bridgehead atoms. The highest BCUT2D eigenvalue weighted by Crippen LogP contribution is 2.26. The molecule has 0 radical (unpaired) electrons. The van der Waals surface area contributed by atoms with Crippen molar-refractivity contribution in [2.24, 2.45) is 0 Å². The van der Waals surface area contributed by atoms with E-state index >= 15 is 0 Å². The molecule has 0 N–H and O–H groups in total. The Labute approximate surface area is 138 Å². The largest absolute Gasteiger partial charge is 0.471 e. The SMILES string of the molecule is Fc1cc(Cl)ccc1COc1nc(C2=CCCCC2)ncc1F. The monoisotopic (exact) mass is 336 g/mol. The third-order valence-electron chi connectivity index (χ3n) is 3.67. The van der Waals surface area contributed by atoms with E-state index in [1.54, 1.807) is 6.07 Å². The predicted molar refractivity (Wildman–Crippen MR) is 84.2 cm³/mol. The molecule has 120 valence electrons. The Morgan fingerprint density at radius 1 is 1.17 bits per heavy atom. The number of nitrogens with zero attached hydrogens (tertiary/aromatic N) is 2. The molecule has 0 saturated heterocycles. The van der Waals surface area contributed by atoms with Crippen LogP contribution in [-0.2, 0) is 6.61 Å². The van der Waals surface area contributed by atoms with Gasteiger partial charge in [-0.1, -0.05) is 23.7 Å². The van der Waals surface area contributed by atoms with Crippen LogP contribution in [0.5, 0.6) is 5.88 Å². The lowest BCUT2D eigenvalue weighted by molar-refractivity contribution is 0.270. The Hall–Kier alpha value is -2.01. The van der Waals surface area contributed by atoms with E-state index in [0.29, 0.717) is 10.8 Å². The van der Waals surface area contributed by atoms with Gasteiger partial charge in [-0.25, -0.2) is 9.37 Å². The average Bonchev–Trinajstić information content (AvgIpc) is 2.56. The van der Waals surface area contributed by atoms with Gasteiger partial charge in [0.15, 0.2) is 5.82 Å². The number of halogens is 3. The predicted octanol–water partition coefficient (Wildman–Crippen LogP) is 4.94. The summed E-state index contributed by atoms with van der Waals surface area (Å²) < 4.78 is 32.9. The first-order valence-corrected chi connectivity index (χ1v) is 7.80. The van der Waals surface area contributed by atoms with E-state index < -0.39 is 11.6 Å². The summed E-state index contributed by atoms with van der Waals surface area (Å²) in [6.07, 6.45) is 7.21. The van der Waals surface area contributed by atoms with Crippen LogP contribution in [0.25, 0.3) is 5.57 Å². The zero-order valence-electron chi connectivity index (χ0n) is 12.4. The van der Waals surface area contributed by atoms with Gasteiger partial charge in [0.05, 0.1) is 6.20 Å². The van der Waals surface area contributed by atoms with Crippen LogP contribution in [0.1, 0.15) is 37.1 Å². The summed E-state index contributed by atoms with van der Waals surface area (Å²) in [4.78, 5) is 8.15. The van der Waals surface area contributed by atoms with Crippen molar-refractivity contribution in [1.82, 2.24) is 9.97 Å². The minimum Gasteiger partial charge on any atom is -0.471 e. The summed E-state index contributed by atoms with van der Waals surface area (Å²) in [5.41, 5.74) is 1.28. The summed E-state index contributed by atoms with van der Waals surface area (Å²) in [6, 6.07) is 4.24. The van der Waals surface area contributed by atoms with Gasteiger partial charge in [0.1, 0.15) is 12.4 Å². The highest BCUT2D eigenvalue weighted by Gasteiger charge is 2.14. The van der Waals surface area contributed by atoms with E-state index in [1.807, 2.05) is 0 Å². The molecule has 1 aliphatic carbocycles. The maximum atomic E-state index is 13.8. The quantitative estimate of drug-likeness (QED) is 0.792. The highest BCUT2D eigenvalue weighted by molar-refractivity contribution is 6.30. The van der Waals surface area contributed by atoms with Gasteiger partial charge in [-0.05, 0) is 43.4 Å². The first-order valence-electron chi connectivity index (χ1n) is 7.42. The molecule has 0 spiro atoms. The van der Waals surface area contributed by atoms with E-state index in [0.717, 1.165) is 37.5 Å². The molecule has 0 fully saturated rings. The zero-order chi connectivity index (χ0) is 16.2. The summed E-state index contributed by atoms with van der Waals surface area (Å²) in [7, 11) is 0. The van der Waals surface area contributed by atoms with E-state index in [4.69, 9.17) is 16.3 Å². The second-order valence-corrected chi connectivity index (χ2v) is 5.78. The summed E-state index contributed by atoms with van der Waals surface area (Å²) in [6.45, 7) is -0.130. The number of aromatic nitrogens is 2. The standard InChI is InChI=1S/C17H15ClF2N2O/c18-13-7-6-12(14(19)8-13)10-23-17-15(20)9-21-16(22-17)11-4-2-1-3-5-11/h4,6-9H,1-3,5,10H2. The van der Waals surface area contributed by atoms with Crippen LogP contribution in [0.2, 0.25) is 5.02 Å². The fraction of sp³-hybridized carbons (Fsp3) is 0.294. The molecular weight excluding hydrogens is 322 g/mol. The van der Waals surface area contributed by atoms with E-state index in [-0.39, 0.29) is 18.1 Å². The third-order valence-corrected chi connectivity index (χ3v) is 3.90. The summed E-state index contributed by atoms with van der Waals surface area (Å²) in [5, 5.41) is 0.297. The van der Waals surface area contributed by atoms with Gasteiger partial charge in [-0.15, -0.1) is 0 Å². The van der Waals surface area contributed by atoms with Crippen LogP contribution in [-0.4, -0.2) is 9.97 Å². The Morgan fingerprint density at radius 2 is 2.04 bits per heavy atom. The number of rotatable bonds is 4. The summed E-state index contributed by atoms with van der Waals surface area (Å²) >= 11 is 5.70. The minimum atomic E-state index is -0.667. The molecule has 6 heteroatoms. The van der Waals surface area contributed by atoms with Crippen molar-refractivity contribution in [2.75, 3.05) is 0 Å². The fourth-order valence-electron chi connectivity index (χ4n) is 2.43. The Balaban J connectivity index is 1.78. The van der Waals surface area contributed by atoms with Gasteiger partial charge in [0.2, 0.25) is 5.82 Å². The Bertz CT molecular complexity index is 749. The molecule has 0 unspecified atom stereocenters. The lowest BCUT2D eigenvalue weighted by atomic mass is 9.99. The Kier molecular flexibility index (Phi) is 4.86. The average molecular weight is 337 g/mol. The molecule has 3 rings (SSSR count). The normalized spacial score (nSPS) is 14.5.